The van der Waals surface area contributed by atoms with E-state index in [-0.39, 0.29) is 7.85 Å². The number of rotatable bonds is 22. The quantitative estimate of drug-likeness (QED) is 0.0188. The Morgan fingerprint density at radius 2 is 0.931 bits per heavy atom. The van der Waals surface area contributed by atoms with Crippen molar-refractivity contribution in [3.05, 3.63) is 107 Å². The summed E-state index contributed by atoms with van der Waals surface area (Å²) in [5.74, 6) is 0.515. The lowest BCUT2D eigenvalue weighted by atomic mass is 10.1. The standard InChI is InChI=1S/C44H54I2N2O8S2/c1-47(21-19-29-15-17-37(51-3)39(27-29)53-5)41(35(45)25-31-11-9-13-33(23-31)57-7)55-43(49)44(50)56-42(36(46)26-32-12-10-14-34(24-32)58-8)48(2)22-20-30-16-18-38(52-4)40(28-30)54-6/h9-18,23-24,27-28,35-36,41-42H,19-22,25-26H2,1-8H3. The van der Waals surface area contributed by atoms with Gasteiger partial charge in [-0.15, -0.1) is 23.5 Å². The van der Waals surface area contributed by atoms with Gasteiger partial charge in [-0.05, 0) is 123 Å². The SMILES string of the molecule is COc1ccc(CCN(C)C(OC(=O)C(=O)OC(C(I)Cc2cccc(SC)c2)N(C)CCc2ccc(OC)c(OC)c2)C(I)Cc2cccc(SC)c2)cc1OC. The normalized spacial score (nSPS) is 13.4. The molecule has 0 aliphatic heterocycles. The maximum atomic E-state index is 13.9. The number of nitrogens with zero attached hydrogens (tertiary/aromatic N) is 2. The van der Waals surface area contributed by atoms with Gasteiger partial charge in [-0.1, -0.05) is 81.6 Å². The topological polar surface area (TPSA) is 96.0 Å². The molecule has 0 bridgehead atoms. The molecular weight excluding hydrogens is 1000 g/mol. The molecule has 0 aliphatic rings. The lowest BCUT2D eigenvalue weighted by Crippen LogP contribution is -2.48. The van der Waals surface area contributed by atoms with Gasteiger partial charge in [-0.25, -0.2) is 9.59 Å². The summed E-state index contributed by atoms with van der Waals surface area (Å²) < 4.78 is 33.7. The molecule has 14 heteroatoms. The highest BCUT2D eigenvalue weighted by molar-refractivity contribution is 14.1. The predicted octanol–water partition coefficient (Wildman–Crippen LogP) is 8.64. The molecule has 4 rings (SSSR count). The predicted molar refractivity (Wildman–Crippen MR) is 251 cm³/mol. The first-order valence-electron chi connectivity index (χ1n) is 18.7. The van der Waals surface area contributed by atoms with E-state index < -0.39 is 24.4 Å². The molecule has 4 atom stereocenters. The second-order valence-electron chi connectivity index (χ2n) is 13.6. The zero-order chi connectivity index (χ0) is 42.2. The van der Waals surface area contributed by atoms with Gasteiger partial charge >= 0.3 is 11.9 Å². The van der Waals surface area contributed by atoms with Crippen molar-refractivity contribution in [1.29, 1.82) is 0 Å². The van der Waals surface area contributed by atoms with Crippen molar-refractivity contribution in [2.24, 2.45) is 0 Å². The van der Waals surface area contributed by atoms with Crippen LogP contribution in [0.3, 0.4) is 0 Å². The van der Waals surface area contributed by atoms with Crippen molar-refractivity contribution in [3.63, 3.8) is 0 Å². The van der Waals surface area contributed by atoms with E-state index >= 15 is 0 Å². The number of esters is 2. The molecule has 0 amide bonds. The first kappa shape index (κ1) is 47.8. The van der Waals surface area contributed by atoms with E-state index in [1.807, 2.05) is 84.9 Å². The first-order valence-corrected chi connectivity index (χ1v) is 23.6. The molecule has 0 aromatic heterocycles. The van der Waals surface area contributed by atoms with E-state index in [4.69, 9.17) is 28.4 Å². The number of alkyl halides is 2. The fourth-order valence-electron chi connectivity index (χ4n) is 6.38. The molecule has 4 unspecified atom stereocenters. The van der Waals surface area contributed by atoms with Crippen molar-refractivity contribution >= 4 is 80.6 Å². The summed E-state index contributed by atoms with van der Waals surface area (Å²) in [6, 6.07) is 28.2. The molecule has 4 aromatic rings. The maximum Gasteiger partial charge on any atom is 0.419 e. The number of carbonyl (C=O) groups excluding carboxylic acids is 2. The van der Waals surface area contributed by atoms with Crippen molar-refractivity contribution in [2.45, 2.75) is 55.8 Å². The zero-order valence-electron chi connectivity index (χ0n) is 34.4. The summed E-state index contributed by atoms with van der Waals surface area (Å²) in [6.07, 6.45) is 5.14. The Labute approximate surface area is 379 Å². The molecule has 0 saturated heterocycles. The van der Waals surface area contributed by atoms with Gasteiger partial charge in [0.25, 0.3) is 0 Å². The first-order chi connectivity index (χ1) is 27.9. The molecule has 0 spiro atoms. The Balaban J connectivity index is 1.55. The van der Waals surface area contributed by atoms with Crippen LogP contribution in [0.5, 0.6) is 23.0 Å². The van der Waals surface area contributed by atoms with Crippen LogP contribution in [0.1, 0.15) is 22.3 Å². The third-order valence-electron chi connectivity index (χ3n) is 9.64. The van der Waals surface area contributed by atoms with Gasteiger partial charge in [0, 0.05) is 22.9 Å². The summed E-state index contributed by atoms with van der Waals surface area (Å²) in [4.78, 5) is 34.0. The summed E-state index contributed by atoms with van der Waals surface area (Å²) in [5.41, 5.74) is 4.28. The third kappa shape index (κ3) is 14.1. The number of halogens is 2. The molecule has 0 radical (unpaired) electrons. The van der Waals surface area contributed by atoms with E-state index in [2.05, 4.69) is 81.6 Å². The average molecular weight is 1060 g/mol. The molecule has 0 heterocycles. The summed E-state index contributed by atoms with van der Waals surface area (Å²) in [6.45, 7) is 1.08. The molecule has 4 aromatic carbocycles. The van der Waals surface area contributed by atoms with E-state index in [0.29, 0.717) is 61.8 Å². The van der Waals surface area contributed by atoms with Crippen molar-refractivity contribution in [1.82, 2.24) is 9.80 Å². The minimum absolute atomic E-state index is 0.192. The molecular formula is C44H54I2N2O8S2. The third-order valence-corrected chi connectivity index (χ3v) is 13.2. The molecule has 0 fully saturated rings. The van der Waals surface area contributed by atoms with Gasteiger partial charge in [-0.2, -0.15) is 0 Å². The monoisotopic (exact) mass is 1060 g/mol. The van der Waals surface area contributed by atoms with Crippen LogP contribution in [0.2, 0.25) is 0 Å². The van der Waals surface area contributed by atoms with Crippen LogP contribution in [-0.2, 0) is 44.7 Å². The zero-order valence-corrected chi connectivity index (χ0v) is 40.3. The number of carbonyl (C=O) groups is 2. The largest absolute Gasteiger partial charge is 0.493 e. The van der Waals surface area contributed by atoms with Crippen molar-refractivity contribution in [2.75, 3.05) is 68.1 Å². The number of hydrogen-bond donors (Lipinski definition) is 0. The van der Waals surface area contributed by atoms with Crippen molar-refractivity contribution in [3.8, 4) is 23.0 Å². The minimum atomic E-state index is -1.03. The Bertz CT molecular complexity index is 1800. The summed E-state index contributed by atoms with van der Waals surface area (Å²) >= 11 is 8.00. The molecule has 58 heavy (non-hydrogen) atoms. The molecule has 10 nitrogen and oxygen atoms in total. The number of likely N-dealkylation sites (N-methyl/N-ethyl adjacent to an activating group) is 2. The average Bonchev–Trinajstić information content (AvgIpc) is 3.25. The number of thioether (sulfide) groups is 2. The summed E-state index contributed by atoms with van der Waals surface area (Å²) in [7, 11) is 10.2. The Morgan fingerprint density at radius 1 is 0.552 bits per heavy atom. The van der Waals surface area contributed by atoms with Gasteiger partial charge in [0.05, 0.1) is 36.3 Å². The Kier molecular flexibility index (Phi) is 20.1. The Hall–Kier alpha value is -2.90. The molecule has 0 saturated carbocycles. The fourth-order valence-corrected chi connectivity index (χ4v) is 9.76. The van der Waals surface area contributed by atoms with Crippen LogP contribution in [0.25, 0.3) is 0 Å². The van der Waals surface area contributed by atoms with Crippen LogP contribution in [0, 0.1) is 0 Å². The van der Waals surface area contributed by atoms with E-state index in [1.165, 1.54) is 0 Å². The Morgan fingerprint density at radius 3 is 1.28 bits per heavy atom. The van der Waals surface area contributed by atoms with E-state index in [0.717, 1.165) is 32.0 Å². The van der Waals surface area contributed by atoms with E-state index in [1.54, 1.807) is 52.0 Å². The van der Waals surface area contributed by atoms with Crippen LogP contribution >= 0.6 is 68.7 Å². The second-order valence-corrected chi connectivity index (χ2v) is 18.5. The van der Waals surface area contributed by atoms with Crippen LogP contribution < -0.4 is 18.9 Å². The van der Waals surface area contributed by atoms with Gasteiger partial charge in [0.1, 0.15) is 0 Å². The van der Waals surface area contributed by atoms with E-state index in [9.17, 15) is 9.59 Å². The highest BCUT2D eigenvalue weighted by Gasteiger charge is 2.35. The highest BCUT2D eigenvalue weighted by Crippen LogP contribution is 2.30. The number of hydrogen-bond acceptors (Lipinski definition) is 12. The number of methoxy groups -OCH3 is 4. The molecule has 0 aliphatic carbocycles. The maximum absolute atomic E-state index is 13.9. The number of ether oxygens (including phenoxy) is 6. The van der Waals surface area contributed by atoms with Gasteiger partial charge in [-0.3, -0.25) is 9.80 Å². The van der Waals surface area contributed by atoms with Gasteiger partial charge in [0.15, 0.2) is 35.5 Å². The van der Waals surface area contributed by atoms with Crippen LogP contribution in [-0.4, -0.2) is 110 Å². The number of benzene rings is 4. The van der Waals surface area contributed by atoms with Gasteiger partial charge < -0.3 is 28.4 Å². The smallest absolute Gasteiger partial charge is 0.419 e. The van der Waals surface area contributed by atoms with Gasteiger partial charge in [0.2, 0.25) is 0 Å². The second kappa shape index (κ2) is 24.4. The van der Waals surface area contributed by atoms with Crippen LogP contribution in [0.15, 0.2) is 94.7 Å². The minimum Gasteiger partial charge on any atom is -0.493 e. The lowest BCUT2D eigenvalue weighted by Gasteiger charge is -2.33. The summed E-state index contributed by atoms with van der Waals surface area (Å²) in [5, 5.41) is 0. The van der Waals surface area contributed by atoms with Crippen LogP contribution in [0.4, 0.5) is 0 Å². The molecule has 314 valence electrons. The highest BCUT2D eigenvalue weighted by atomic mass is 127. The fraction of sp³-hybridized carbons (Fsp3) is 0.409. The molecule has 0 N–H and O–H groups in total. The lowest BCUT2D eigenvalue weighted by molar-refractivity contribution is -0.183. The van der Waals surface area contributed by atoms with Crippen molar-refractivity contribution < 1.29 is 38.0 Å².